The SMILES string of the molecule is O=C(O)N1CCC(Nc2ccc(C(F)(F)F)nn2)CC1. The molecule has 2 heterocycles. The van der Waals surface area contributed by atoms with Crippen LogP contribution in [0.15, 0.2) is 12.1 Å². The maximum atomic E-state index is 12.3. The molecule has 1 aliphatic rings. The average molecular weight is 290 g/mol. The molecule has 1 amide bonds. The van der Waals surface area contributed by atoms with Crippen LogP contribution in [0, 0.1) is 0 Å². The van der Waals surface area contributed by atoms with E-state index in [1.54, 1.807) is 0 Å². The lowest BCUT2D eigenvalue weighted by atomic mass is 10.1. The van der Waals surface area contributed by atoms with Crippen molar-refractivity contribution in [3.8, 4) is 0 Å². The number of halogens is 3. The number of likely N-dealkylation sites (tertiary alicyclic amines) is 1. The number of amides is 1. The van der Waals surface area contributed by atoms with Crippen molar-refractivity contribution in [3.63, 3.8) is 0 Å². The standard InChI is InChI=1S/C11H13F3N4O2/c12-11(13,14)8-1-2-9(17-16-8)15-7-3-5-18(6-4-7)10(19)20/h1-2,7H,3-6H2,(H,15,17)(H,19,20). The third kappa shape index (κ3) is 3.49. The van der Waals surface area contributed by atoms with Crippen LogP contribution in [0.25, 0.3) is 0 Å². The minimum atomic E-state index is -4.50. The van der Waals surface area contributed by atoms with Gasteiger partial charge < -0.3 is 15.3 Å². The molecule has 1 aromatic rings. The monoisotopic (exact) mass is 290 g/mol. The van der Waals surface area contributed by atoms with Gasteiger partial charge >= 0.3 is 12.3 Å². The molecular formula is C11H13F3N4O2. The first-order valence-electron chi connectivity index (χ1n) is 6.01. The Bertz CT molecular complexity index is 470. The van der Waals surface area contributed by atoms with Crippen LogP contribution in [-0.2, 0) is 6.18 Å². The van der Waals surface area contributed by atoms with Crippen molar-refractivity contribution in [2.45, 2.75) is 25.1 Å². The second-order valence-electron chi connectivity index (χ2n) is 4.49. The Morgan fingerprint density at radius 1 is 1.30 bits per heavy atom. The molecule has 6 nitrogen and oxygen atoms in total. The van der Waals surface area contributed by atoms with Crippen molar-refractivity contribution in [3.05, 3.63) is 17.8 Å². The van der Waals surface area contributed by atoms with E-state index in [2.05, 4.69) is 15.5 Å². The fraction of sp³-hybridized carbons (Fsp3) is 0.545. The number of rotatable bonds is 2. The van der Waals surface area contributed by atoms with Gasteiger partial charge in [-0.3, -0.25) is 0 Å². The highest BCUT2D eigenvalue weighted by atomic mass is 19.4. The molecule has 9 heteroatoms. The maximum Gasteiger partial charge on any atom is 0.435 e. The number of carbonyl (C=O) groups is 1. The number of aromatic nitrogens is 2. The second-order valence-corrected chi connectivity index (χ2v) is 4.49. The Balaban J connectivity index is 1.90. The largest absolute Gasteiger partial charge is 0.465 e. The molecule has 0 radical (unpaired) electrons. The van der Waals surface area contributed by atoms with Gasteiger partial charge in [-0.05, 0) is 25.0 Å². The predicted octanol–water partition coefficient (Wildman–Crippen LogP) is 2.05. The molecule has 1 aromatic heterocycles. The smallest absolute Gasteiger partial charge is 0.435 e. The molecule has 1 aliphatic heterocycles. The van der Waals surface area contributed by atoms with Crippen LogP contribution in [-0.4, -0.2) is 45.4 Å². The molecule has 0 atom stereocenters. The minimum Gasteiger partial charge on any atom is -0.465 e. The molecule has 0 bridgehead atoms. The van der Waals surface area contributed by atoms with Crippen LogP contribution in [0.3, 0.4) is 0 Å². The van der Waals surface area contributed by atoms with E-state index in [0.717, 1.165) is 6.07 Å². The summed E-state index contributed by atoms with van der Waals surface area (Å²) in [6, 6.07) is 2.07. The molecule has 1 saturated heterocycles. The first-order valence-corrected chi connectivity index (χ1v) is 6.01. The molecule has 0 unspecified atom stereocenters. The Hall–Kier alpha value is -2.06. The summed E-state index contributed by atoms with van der Waals surface area (Å²) in [5.41, 5.74) is -1.04. The molecule has 0 aliphatic carbocycles. The van der Waals surface area contributed by atoms with Gasteiger partial charge in [0.1, 0.15) is 5.82 Å². The number of anilines is 1. The number of carboxylic acid groups (broad SMARTS) is 1. The van der Waals surface area contributed by atoms with E-state index in [9.17, 15) is 18.0 Å². The summed E-state index contributed by atoms with van der Waals surface area (Å²) in [7, 11) is 0. The van der Waals surface area contributed by atoms with E-state index < -0.39 is 18.0 Å². The summed E-state index contributed by atoms with van der Waals surface area (Å²) in [6.07, 6.45) is -4.31. The fourth-order valence-corrected chi connectivity index (χ4v) is 1.98. The van der Waals surface area contributed by atoms with Gasteiger partial charge in [-0.1, -0.05) is 0 Å². The number of hydrogen-bond donors (Lipinski definition) is 2. The third-order valence-electron chi connectivity index (χ3n) is 3.07. The highest BCUT2D eigenvalue weighted by molar-refractivity contribution is 5.65. The molecule has 110 valence electrons. The first-order chi connectivity index (χ1) is 9.36. The summed E-state index contributed by atoms with van der Waals surface area (Å²) in [5.74, 6) is 0.256. The lowest BCUT2D eigenvalue weighted by Crippen LogP contribution is -2.41. The summed E-state index contributed by atoms with van der Waals surface area (Å²) < 4.78 is 36.9. The Labute approximate surface area is 112 Å². The average Bonchev–Trinajstić information content (AvgIpc) is 2.39. The van der Waals surface area contributed by atoms with Gasteiger partial charge in [-0.25, -0.2) is 4.79 Å². The lowest BCUT2D eigenvalue weighted by Gasteiger charge is -2.30. The van der Waals surface area contributed by atoms with E-state index >= 15 is 0 Å². The number of nitrogens with one attached hydrogen (secondary N) is 1. The topological polar surface area (TPSA) is 78.4 Å². The van der Waals surface area contributed by atoms with Crippen molar-refractivity contribution in [1.82, 2.24) is 15.1 Å². The lowest BCUT2D eigenvalue weighted by molar-refractivity contribution is -0.141. The van der Waals surface area contributed by atoms with E-state index in [1.165, 1.54) is 11.0 Å². The number of hydrogen-bond acceptors (Lipinski definition) is 4. The zero-order valence-corrected chi connectivity index (χ0v) is 10.4. The molecule has 2 rings (SSSR count). The Morgan fingerprint density at radius 3 is 2.40 bits per heavy atom. The second kappa shape index (κ2) is 5.51. The maximum absolute atomic E-state index is 12.3. The van der Waals surface area contributed by atoms with Gasteiger partial charge in [0.2, 0.25) is 0 Å². The molecule has 0 aromatic carbocycles. The van der Waals surface area contributed by atoms with E-state index in [1.807, 2.05) is 0 Å². The predicted molar refractivity (Wildman–Crippen MR) is 63.3 cm³/mol. The van der Waals surface area contributed by atoms with Gasteiger partial charge in [0, 0.05) is 19.1 Å². The minimum absolute atomic E-state index is 0.0170. The van der Waals surface area contributed by atoms with Crippen LogP contribution in [0.1, 0.15) is 18.5 Å². The van der Waals surface area contributed by atoms with Crippen molar-refractivity contribution < 1.29 is 23.1 Å². The first kappa shape index (κ1) is 14.4. The molecule has 0 spiro atoms. The van der Waals surface area contributed by atoms with Crippen LogP contribution in [0.5, 0.6) is 0 Å². The van der Waals surface area contributed by atoms with Gasteiger partial charge in [0.25, 0.3) is 0 Å². The van der Waals surface area contributed by atoms with Crippen molar-refractivity contribution in [2.75, 3.05) is 18.4 Å². The third-order valence-corrected chi connectivity index (χ3v) is 3.07. The van der Waals surface area contributed by atoms with Gasteiger partial charge in [-0.2, -0.15) is 13.2 Å². The molecule has 2 N–H and O–H groups in total. The zero-order chi connectivity index (χ0) is 14.8. The molecule has 20 heavy (non-hydrogen) atoms. The van der Waals surface area contributed by atoms with Crippen LogP contribution in [0.2, 0.25) is 0 Å². The quantitative estimate of drug-likeness (QED) is 0.871. The number of nitrogens with zero attached hydrogens (tertiary/aromatic N) is 3. The van der Waals surface area contributed by atoms with Crippen LogP contribution < -0.4 is 5.32 Å². The van der Waals surface area contributed by atoms with Gasteiger partial charge in [0.05, 0.1) is 0 Å². The summed E-state index contributed by atoms with van der Waals surface area (Å²) in [6.45, 7) is 0.780. The molecule has 1 fully saturated rings. The van der Waals surface area contributed by atoms with Crippen molar-refractivity contribution in [2.24, 2.45) is 0 Å². The summed E-state index contributed by atoms with van der Waals surface area (Å²) in [4.78, 5) is 12.0. The Kier molecular flexibility index (Phi) is 3.96. The molecule has 0 saturated carbocycles. The number of piperidine rings is 1. The van der Waals surface area contributed by atoms with Crippen LogP contribution in [0.4, 0.5) is 23.8 Å². The van der Waals surface area contributed by atoms with Crippen LogP contribution >= 0.6 is 0 Å². The fourth-order valence-electron chi connectivity index (χ4n) is 1.98. The Morgan fingerprint density at radius 2 is 1.95 bits per heavy atom. The summed E-state index contributed by atoms with van der Waals surface area (Å²) >= 11 is 0. The van der Waals surface area contributed by atoms with E-state index in [4.69, 9.17) is 5.11 Å². The van der Waals surface area contributed by atoms with E-state index in [0.29, 0.717) is 25.9 Å². The molecular weight excluding hydrogens is 277 g/mol. The van der Waals surface area contributed by atoms with Crippen molar-refractivity contribution >= 4 is 11.9 Å². The normalized spacial score (nSPS) is 17.1. The number of alkyl halides is 3. The summed E-state index contributed by atoms with van der Waals surface area (Å²) in [5, 5.41) is 18.4. The zero-order valence-electron chi connectivity index (χ0n) is 10.4. The van der Waals surface area contributed by atoms with E-state index in [-0.39, 0.29) is 11.9 Å². The highest BCUT2D eigenvalue weighted by Crippen LogP contribution is 2.27. The highest BCUT2D eigenvalue weighted by Gasteiger charge is 2.33. The van der Waals surface area contributed by atoms with Gasteiger partial charge in [-0.15, -0.1) is 10.2 Å². The van der Waals surface area contributed by atoms with Gasteiger partial charge in [0.15, 0.2) is 5.69 Å². The van der Waals surface area contributed by atoms with Crippen molar-refractivity contribution in [1.29, 1.82) is 0 Å².